The smallest absolute Gasteiger partial charge is 0.340 e. The standard InChI is InChI=1S/C17H18N2O4/c1-2-22-17(21)15-13(10-5-4-8-19-9-10)14-11(20)6-3-7-12(14)23-16(15)18/h4-5,8-9,13H,2-3,6-7,18H2,1H3/p+1. The van der Waals surface area contributed by atoms with Gasteiger partial charge in [0.2, 0.25) is 5.88 Å². The zero-order valence-corrected chi connectivity index (χ0v) is 12.9. The fourth-order valence-corrected chi connectivity index (χ4v) is 3.08. The lowest BCUT2D eigenvalue weighted by Gasteiger charge is -2.31. The van der Waals surface area contributed by atoms with Crippen LogP contribution in [0.25, 0.3) is 0 Å². The lowest BCUT2D eigenvalue weighted by molar-refractivity contribution is -0.378. The SMILES string of the molecule is CCOC(=O)C1=C(N)OC2=C(C(=O)CCC2)C1c1ccc[nH+]c1. The van der Waals surface area contributed by atoms with E-state index >= 15 is 0 Å². The number of aromatic nitrogens is 1. The molecule has 0 fully saturated rings. The third kappa shape index (κ3) is 2.72. The minimum absolute atomic E-state index is 0.00518. The molecule has 0 radical (unpaired) electrons. The number of pyridine rings is 1. The first kappa shape index (κ1) is 15.3. The zero-order chi connectivity index (χ0) is 16.4. The molecule has 0 amide bonds. The Balaban J connectivity index is 2.15. The summed E-state index contributed by atoms with van der Waals surface area (Å²) < 4.78 is 10.7. The molecule has 1 aliphatic carbocycles. The van der Waals surface area contributed by atoms with Gasteiger partial charge in [0.1, 0.15) is 11.3 Å². The van der Waals surface area contributed by atoms with E-state index in [4.69, 9.17) is 15.2 Å². The minimum atomic E-state index is -0.553. The fraction of sp³-hybridized carbons (Fsp3) is 0.353. The Hall–Kier alpha value is -2.63. The fourth-order valence-electron chi connectivity index (χ4n) is 3.08. The summed E-state index contributed by atoms with van der Waals surface area (Å²) in [4.78, 5) is 27.9. The molecule has 23 heavy (non-hydrogen) atoms. The largest absolute Gasteiger partial charge is 0.462 e. The maximum atomic E-state index is 12.5. The van der Waals surface area contributed by atoms with Gasteiger partial charge in [0.05, 0.1) is 12.5 Å². The van der Waals surface area contributed by atoms with Crippen molar-refractivity contribution in [1.82, 2.24) is 0 Å². The van der Waals surface area contributed by atoms with Crippen molar-refractivity contribution in [3.05, 3.63) is 52.9 Å². The van der Waals surface area contributed by atoms with E-state index in [9.17, 15) is 9.59 Å². The lowest BCUT2D eigenvalue weighted by Crippen LogP contribution is -2.31. The highest BCUT2D eigenvalue weighted by molar-refractivity contribution is 6.03. The molecule has 1 aliphatic heterocycles. The molecule has 6 nitrogen and oxygen atoms in total. The van der Waals surface area contributed by atoms with Gasteiger partial charge >= 0.3 is 5.97 Å². The van der Waals surface area contributed by atoms with Gasteiger partial charge in [-0.15, -0.1) is 0 Å². The van der Waals surface area contributed by atoms with Gasteiger partial charge in [-0.2, -0.15) is 0 Å². The number of H-pyrrole nitrogens is 1. The molecule has 0 saturated heterocycles. The lowest BCUT2D eigenvalue weighted by atomic mass is 9.77. The van der Waals surface area contributed by atoms with Gasteiger partial charge < -0.3 is 15.2 Å². The molecule has 2 heterocycles. The molecule has 1 unspecified atom stereocenters. The zero-order valence-electron chi connectivity index (χ0n) is 12.9. The number of hydrogen-bond acceptors (Lipinski definition) is 5. The second-order valence-corrected chi connectivity index (χ2v) is 5.48. The molecular formula is C17H19N2O4+. The highest BCUT2D eigenvalue weighted by Gasteiger charge is 2.41. The third-order valence-electron chi connectivity index (χ3n) is 4.04. The van der Waals surface area contributed by atoms with Crippen LogP contribution in [0.4, 0.5) is 0 Å². The average Bonchev–Trinajstić information content (AvgIpc) is 2.54. The maximum Gasteiger partial charge on any atom is 0.340 e. The molecule has 0 spiro atoms. The van der Waals surface area contributed by atoms with Crippen LogP contribution >= 0.6 is 0 Å². The number of allylic oxidation sites excluding steroid dienone is 2. The number of rotatable bonds is 3. The molecule has 0 saturated carbocycles. The van der Waals surface area contributed by atoms with Crippen LogP contribution in [0.5, 0.6) is 0 Å². The molecule has 120 valence electrons. The van der Waals surface area contributed by atoms with Crippen molar-refractivity contribution in [2.75, 3.05) is 6.61 Å². The summed E-state index contributed by atoms with van der Waals surface area (Å²) >= 11 is 0. The number of ketones is 1. The maximum absolute atomic E-state index is 12.5. The van der Waals surface area contributed by atoms with Gasteiger partial charge in [-0.25, -0.2) is 9.78 Å². The van der Waals surface area contributed by atoms with E-state index in [0.717, 1.165) is 12.0 Å². The highest BCUT2D eigenvalue weighted by Crippen LogP contribution is 2.43. The van der Waals surface area contributed by atoms with Crippen LogP contribution in [0.1, 0.15) is 37.7 Å². The number of nitrogens with one attached hydrogen (secondary N) is 1. The van der Waals surface area contributed by atoms with Crippen molar-refractivity contribution in [2.45, 2.75) is 32.1 Å². The van der Waals surface area contributed by atoms with Crippen LogP contribution in [0.2, 0.25) is 0 Å². The number of nitrogens with two attached hydrogens (primary N) is 1. The molecule has 0 aromatic carbocycles. The van der Waals surface area contributed by atoms with E-state index in [2.05, 4.69) is 4.98 Å². The minimum Gasteiger partial charge on any atom is -0.462 e. The van der Waals surface area contributed by atoms with Gasteiger partial charge in [-0.1, -0.05) is 0 Å². The van der Waals surface area contributed by atoms with E-state index in [-0.39, 0.29) is 23.8 Å². The first-order chi connectivity index (χ1) is 11.1. The number of Topliss-reactive ketones (excluding diaryl/α,β-unsaturated/α-hetero) is 1. The molecule has 1 atom stereocenters. The second-order valence-electron chi connectivity index (χ2n) is 5.48. The number of esters is 1. The van der Waals surface area contributed by atoms with Crippen molar-refractivity contribution in [3.63, 3.8) is 0 Å². The van der Waals surface area contributed by atoms with Crippen LogP contribution in [-0.4, -0.2) is 18.4 Å². The first-order valence-corrected chi connectivity index (χ1v) is 7.70. The van der Waals surface area contributed by atoms with E-state index in [1.807, 2.05) is 12.1 Å². The van der Waals surface area contributed by atoms with Crippen LogP contribution in [0.15, 0.2) is 47.3 Å². The second kappa shape index (κ2) is 6.24. The first-order valence-electron chi connectivity index (χ1n) is 7.70. The molecule has 3 rings (SSSR count). The van der Waals surface area contributed by atoms with Gasteiger partial charge in [-0.05, 0) is 19.4 Å². The molecule has 1 aromatic rings. The Bertz CT molecular complexity index is 707. The van der Waals surface area contributed by atoms with E-state index in [1.165, 1.54) is 0 Å². The van der Waals surface area contributed by atoms with E-state index in [1.54, 1.807) is 19.3 Å². The molecule has 6 heteroatoms. The predicted molar refractivity (Wildman–Crippen MR) is 80.6 cm³/mol. The Kier molecular flexibility index (Phi) is 4.14. The Morgan fingerprint density at radius 2 is 2.30 bits per heavy atom. The van der Waals surface area contributed by atoms with Crippen molar-refractivity contribution < 1.29 is 24.0 Å². The molecular weight excluding hydrogens is 296 g/mol. The normalized spacial score (nSPS) is 20.9. The summed E-state index contributed by atoms with van der Waals surface area (Å²) in [6.07, 6.45) is 5.34. The van der Waals surface area contributed by atoms with Gasteiger partial charge in [0.15, 0.2) is 18.2 Å². The molecule has 0 bridgehead atoms. The van der Waals surface area contributed by atoms with Gasteiger partial charge in [-0.3, -0.25) is 4.79 Å². The summed E-state index contributed by atoms with van der Waals surface area (Å²) in [5.41, 5.74) is 7.49. The summed E-state index contributed by atoms with van der Waals surface area (Å²) in [6, 6.07) is 3.67. The predicted octanol–water partition coefficient (Wildman–Crippen LogP) is 1.35. The van der Waals surface area contributed by atoms with Gasteiger partial charge in [0.25, 0.3) is 0 Å². The van der Waals surface area contributed by atoms with Crippen molar-refractivity contribution in [1.29, 1.82) is 0 Å². The van der Waals surface area contributed by atoms with Gasteiger partial charge in [0, 0.05) is 30.0 Å². The summed E-state index contributed by atoms with van der Waals surface area (Å²) in [5.74, 6) is -0.521. The molecule has 2 aliphatic rings. The van der Waals surface area contributed by atoms with Crippen LogP contribution < -0.4 is 10.7 Å². The Labute approximate surface area is 134 Å². The number of hydrogen-bond donors (Lipinski definition) is 1. The van der Waals surface area contributed by atoms with E-state index < -0.39 is 11.9 Å². The van der Waals surface area contributed by atoms with Crippen molar-refractivity contribution >= 4 is 11.8 Å². The number of aromatic amines is 1. The molecule has 1 aromatic heterocycles. The number of carbonyl (C=O) groups excluding carboxylic acids is 2. The van der Waals surface area contributed by atoms with Crippen molar-refractivity contribution in [3.8, 4) is 0 Å². The third-order valence-corrected chi connectivity index (χ3v) is 4.04. The van der Waals surface area contributed by atoms with Crippen LogP contribution in [0, 0.1) is 0 Å². The summed E-state index contributed by atoms with van der Waals surface area (Å²) in [5, 5.41) is 0. The van der Waals surface area contributed by atoms with Crippen molar-refractivity contribution in [2.24, 2.45) is 5.73 Å². The quantitative estimate of drug-likeness (QED) is 0.850. The van der Waals surface area contributed by atoms with Crippen LogP contribution in [0.3, 0.4) is 0 Å². The Morgan fingerprint density at radius 1 is 1.48 bits per heavy atom. The summed E-state index contributed by atoms with van der Waals surface area (Å²) in [6.45, 7) is 1.95. The Morgan fingerprint density at radius 3 is 3.00 bits per heavy atom. The average molecular weight is 315 g/mol. The topological polar surface area (TPSA) is 92.8 Å². The monoisotopic (exact) mass is 315 g/mol. The highest BCUT2D eigenvalue weighted by atomic mass is 16.5. The number of carbonyl (C=O) groups is 2. The number of ether oxygens (including phenoxy) is 2. The van der Waals surface area contributed by atoms with Crippen LogP contribution in [-0.2, 0) is 19.1 Å². The molecule has 3 N–H and O–H groups in total. The summed E-state index contributed by atoms with van der Waals surface area (Å²) in [7, 11) is 0. The van der Waals surface area contributed by atoms with E-state index in [0.29, 0.717) is 24.2 Å².